The number of amides is 2. The van der Waals surface area contributed by atoms with Gasteiger partial charge in [0.05, 0.1) is 0 Å². The maximum Gasteiger partial charge on any atom is 0.253 e. The van der Waals surface area contributed by atoms with Crippen LogP contribution < -0.4 is 5.32 Å². The molecule has 1 fully saturated rings. The lowest BCUT2D eigenvalue weighted by Crippen LogP contribution is -2.39. The molecule has 0 aliphatic carbocycles. The fraction of sp³-hybridized carbons (Fsp3) is 0.500. The van der Waals surface area contributed by atoms with E-state index in [1.165, 1.54) is 0 Å². The first-order chi connectivity index (χ1) is 9.66. The number of carbonyl (C=O) groups excluding carboxylic acids is 2. The summed E-state index contributed by atoms with van der Waals surface area (Å²) in [5.74, 6) is 0.149. The van der Waals surface area contributed by atoms with Crippen LogP contribution in [0.4, 0.5) is 0 Å². The van der Waals surface area contributed by atoms with Crippen molar-refractivity contribution in [3.05, 3.63) is 35.9 Å². The van der Waals surface area contributed by atoms with Crippen LogP contribution in [0.15, 0.2) is 30.3 Å². The molecule has 4 heteroatoms. The van der Waals surface area contributed by atoms with Crippen LogP contribution in [0.5, 0.6) is 0 Å². The van der Waals surface area contributed by atoms with Gasteiger partial charge in [-0.05, 0) is 37.8 Å². The van der Waals surface area contributed by atoms with Gasteiger partial charge in [0.2, 0.25) is 5.91 Å². The SMILES string of the molecule is CC(=O)NC1CCCN(C(=O)c2ccccc2)CCC1. The number of hydrogen-bond acceptors (Lipinski definition) is 2. The Kier molecular flexibility index (Phi) is 5.16. The first-order valence-electron chi connectivity index (χ1n) is 7.28. The molecule has 0 bridgehead atoms. The molecule has 1 aliphatic rings. The second-order valence-corrected chi connectivity index (χ2v) is 5.34. The normalized spacial score (nSPS) is 17.1. The third kappa shape index (κ3) is 4.08. The van der Waals surface area contributed by atoms with E-state index >= 15 is 0 Å². The van der Waals surface area contributed by atoms with Crippen molar-refractivity contribution in [2.24, 2.45) is 0 Å². The molecule has 0 atom stereocenters. The number of nitrogens with zero attached hydrogens (tertiary/aromatic N) is 1. The molecule has 1 aliphatic heterocycles. The van der Waals surface area contributed by atoms with Gasteiger partial charge in [0, 0.05) is 31.6 Å². The predicted octanol–water partition coefficient (Wildman–Crippen LogP) is 2.21. The molecule has 0 aromatic heterocycles. The smallest absolute Gasteiger partial charge is 0.253 e. The number of hydrogen-bond donors (Lipinski definition) is 1. The van der Waals surface area contributed by atoms with Crippen molar-refractivity contribution in [3.63, 3.8) is 0 Å². The highest BCUT2D eigenvalue weighted by Crippen LogP contribution is 2.14. The molecule has 4 nitrogen and oxygen atoms in total. The highest BCUT2D eigenvalue weighted by Gasteiger charge is 2.19. The Morgan fingerprint density at radius 3 is 2.25 bits per heavy atom. The lowest BCUT2D eigenvalue weighted by atomic mass is 10.0. The van der Waals surface area contributed by atoms with Crippen molar-refractivity contribution in [2.75, 3.05) is 13.1 Å². The molecule has 0 radical (unpaired) electrons. The van der Waals surface area contributed by atoms with Crippen LogP contribution in [0.3, 0.4) is 0 Å². The van der Waals surface area contributed by atoms with Gasteiger partial charge < -0.3 is 10.2 Å². The van der Waals surface area contributed by atoms with Crippen LogP contribution in [0, 0.1) is 0 Å². The van der Waals surface area contributed by atoms with E-state index < -0.39 is 0 Å². The summed E-state index contributed by atoms with van der Waals surface area (Å²) >= 11 is 0. The van der Waals surface area contributed by atoms with Crippen molar-refractivity contribution < 1.29 is 9.59 Å². The second-order valence-electron chi connectivity index (χ2n) is 5.34. The number of benzene rings is 1. The minimum Gasteiger partial charge on any atom is -0.354 e. The summed E-state index contributed by atoms with van der Waals surface area (Å²) in [5, 5.41) is 2.98. The first kappa shape index (κ1) is 14.6. The summed E-state index contributed by atoms with van der Waals surface area (Å²) in [6.45, 7) is 3.09. The highest BCUT2D eigenvalue weighted by atomic mass is 16.2. The van der Waals surface area contributed by atoms with E-state index in [9.17, 15) is 9.59 Å². The molecule has 0 unspecified atom stereocenters. The van der Waals surface area contributed by atoms with Gasteiger partial charge in [-0.2, -0.15) is 0 Å². The minimum absolute atomic E-state index is 0.0350. The average Bonchev–Trinajstić information content (AvgIpc) is 2.41. The zero-order chi connectivity index (χ0) is 14.4. The zero-order valence-corrected chi connectivity index (χ0v) is 12.0. The summed E-state index contributed by atoms with van der Waals surface area (Å²) in [4.78, 5) is 25.4. The molecule has 2 rings (SSSR count). The van der Waals surface area contributed by atoms with E-state index in [1.54, 1.807) is 6.92 Å². The van der Waals surface area contributed by atoms with Crippen molar-refractivity contribution in [1.82, 2.24) is 10.2 Å². The summed E-state index contributed by atoms with van der Waals surface area (Å²) < 4.78 is 0. The Balaban J connectivity index is 1.90. The van der Waals surface area contributed by atoms with Crippen LogP contribution >= 0.6 is 0 Å². The molecule has 2 amide bonds. The van der Waals surface area contributed by atoms with Gasteiger partial charge in [0.1, 0.15) is 0 Å². The van der Waals surface area contributed by atoms with Crippen molar-refractivity contribution in [2.45, 2.75) is 38.6 Å². The zero-order valence-electron chi connectivity index (χ0n) is 12.0. The monoisotopic (exact) mass is 274 g/mol. The van der Waals surface area contributed by atoms with Gasteiger partial charge >= 0.3 is 0 Å². The van der Waals surface area contributed by atoms with E-state index in [0.717, 1.165) is 44.3 Å². The quantitative estimate of drug-likeness (QED) is 0.899. The van der Waals surface area contributed by atoms with E-state index in [1.807, 2.05) is 35.2 Å². The summed E-state index contributed by atoms with van der Waals surface area (Å²) in [5.41, 5.74) is 0.756. The molecule has 108 valence electrons. The van der Waals surface area contributed by atoms with Crippen molar-refractivity contribution >= 4 is 11.8 Å². The standard InChI is InChI=1S/C16H22N2O2/c1-13(19)17-15-9-5-11-18(12-6-10-15)16(20)14-7-3-2-4-8-14/h2-4,7-8,15H,5-6,9-12H2,1H3,(H,17,19). The van der Waals surface area contributed by atoms with Crippen LogP contribution in [0.2, 0.25) is 0 Å². The average molecular weight is 274 g/mol. The Labute approximate surface area is 120 Å². The van der Waals surface area contributed by atoms with Gasteiger partial charge in [-0.15, -0.1) is 0 Å². The second kappa shape index (κ2) is 7.08. The Bertz CT molecular complexity index is 449. The third-order valence-corrected chi connectivity index (χ3v) is 3.68. The lowest BCUT2D eigenvalue weighted by molar-refractivity contribution is -0.119. The lowest BCUT2D eigenvalue weighted by Gasteiger charge is -2.28. The molecule has 1 N–H and O–H groups in total. The molecular formula is C16H22N2O2. The summed E-state index contributed by atoms with van der Waals surface area (Å²) in [6.07, 6.45) is 3.75. The number of rotatable bonds is 2. The van der Waals surface area contributed by atoms with E-state index in [4.69, 9.17) is 0 Å². The third-order valence-electron chi connectivity index (χ3n) is 3.68. The van der Waals surface area contributed by atoms with Crippen LogP contribution in [-0.4, -0.2) is 35.8 Å². The molecule has 1 heterocycles. The van der Waals surface area contributed by atoms with Gasteiger partial charge in [-0.25, -0.2) is 0 Å². The van der Waals surface area contributed by atoms with Gasteiger partial charge in [0.15, 0.2) is 0 Å². The molecule has 1 aromatic rings. The first-order valence-corrected chi connectivity index (χ1v) is 7.28. The summed E-state index contributed by atoms with van der Waals surface area (Å²) in [6, 6.07) is 9.69. The minimum atomic E-state index is 0.0350. The van der Waals surface area contributed by atoms with Crippen LogP contribution in [-0.2, 0) is 4.79 Å². The van der Waals surface area contributed by atoms with Crippen LogP contribution in [0.1, 0.15) is 43.0 Å². The number of likely N-dealkylation sites (tertiary alicyclic amines) is 1. The number of carbonyl (C=O) groups is 2. The Hall–Kier alpha value is -1.84. The van der Waals surface area contributed by atoms with Gasteiger partial charge in [-0.1, -0.05) is 18.2 Å². The van der Waals surface area contributed by atoms with Crippen molar-refractivity contribution in [1.29, 1.82) is 0 Å². The van der Waals surface area contributed by atoms with Crippen LogP contribution in [0.25, 0.3) is 0 Å². The maximum atomic E-state index is 12.4. The molecule has 0 spiro atoms. The molecule has 0 saturated carbocycles. The van der Waals surface area contributed by atoms with Gasteiger partial charge in [-0.3, -0.25) is 9.59 Å². The summed E-state index contributed by atoms with van der Waals surface area (Å²) in [7, 11) is 0. The molecule has 20 heavy (non-hydrogen) atoms. The maximum absolute atomic E-state index is 12.4. The highest BCUT2D eigenvalue weighted by molar-refractivity contribution is 5.94. The fourth-order valence-electron chi connectivity index (χ4n) is 2.71. The molecule has 1 aromatic carbocycles. The Morgan fingerprint density at radius 2 is 1.70 bits per heavy atom. The molecule has 1 saturated heterocycles. The fourth-order valence-corrected chi connectivity index (χ4v) is 2.71. The Morgan fingerprint density at radius 1 is 1.10 bits per heavy atom. The van der Waals surface area contributed by atoms with Gasteiger partial charge in [0.25, 0.3) is 5.91 Å². The number of nitrogens with one attached hydrogen (secondary N) is 1. The van der Waals surface area contributed by atoms with E-state index in [2.05, 4.69) is 5.32 Å². The van der Waals surface area contributed by atoms with Crippen molar-refractivity contribution in [3.8, 4) is 0 Å². The topological polar surface area (TPSA) is 49.4 Å². The predicted molar refractivity (Wildman–Crippen MR) is 78.4 cm³/mol. The molecular weight excluding hydrogens is 252 g/mol. The van der Waals surface area contributed by atoms with E-state index in [0.29, 0.717) is 0 Å². The largest absolute Gasteiger partial charge is 0.354 e. The van der Waals surface area contributed by atoms with E-state index in [-0.39, 0.29) is 17.9 Å².